The number of H-pyrrole nitrogens is 2. The minimum Gasteiger partial charge on any atom is -0.425 e. The van der Waals surface area contributed by atoms with Gasteiger partial charge in [0.25, 0.3) is 0 Å². The second-order valence-electron chi connectivity index (χ2n) is 16.0. The molecule has 0 aliphatic heterocycles. The van der Waals surface area contributed by atoms with Gasteiger partial charge in [0.1, 0.15) is 11.4 Å². The Bertz CT molecular complexity index is 1740. The van der Waals surface area contributed by atoms with Crippen LogP contribution in [0.4, 0.5) is 0 Å². The summed E-state index contributed by atoms with van der Waals surface area (Å²) in [7, 11) is 0. The molecule has 0 amide bonds. The molecule has 2 heterocycles. The Hall–Kier alpha value is -3.54. The van der Waals surface area contributed by atoms with E-state index in [4.69, 9.17) is 9.47 Å². The lowest BCUT2D eigenvalue weighted by molar-refractivity contribution is -0.161. The van der Waals surface area contributed by atoms with E-state index in [2.05, 4.69) is 28.2 Å². The van der Waals surface area contributed by atoms with Crippen LogP contribution in [-0.4, -0.2) is 21.9 Å². The molecule has 0 unspecified atom stereocenters. The number of esters is 2. The fraction of sp³-hybridized carbons (Fsp3) is 0.526. The number of carbonyl (C=O) groups is 2. The summed E-state index contributed by atoms with van der Waals surface area (Å²) in [6, 6.07) is 16.1. The molecule has 226 valence electrons. The number of nitrogens with one attached hydrogen (secondary N) is 2. The van der Waals surface area contributed by atoms with Gasteiger partial charge in [0.05, 0.1) is 27.4 Å². The minimum absolute atomic E-state index is 0.0872. The van der Waals surface area contributed by atoms with Crippen molar-refractivity contribution in [2.24, 2.45) is 46.3 Å². The number of hydrogen-bond donors (Lipinski definition) is 2. The zero-order chi connectivity index (χ0) is 29.2. The highest BCUT2D eigenvalue weighted by Crippen LogP contribution is 2.62. The molecule has 0 atom stereocenters. The van der Waals surface area contributed by atoms with Crippen molar-refractivity contribution in [1.82, 2.24) is 9.97 Å². The van der Waals surface area contributed by atoms with E-state index in [-0.39, 0.29) is 17.4 Å². The normalized spacial score (nSPS) is 36.4. The molecule has 6 nitrogen and oxygen atoms in total. The Kier molecular flexibility index (Phi) is 5.28. The van der Waals surface area contributed by atoms with E-state index < -0.39 is 5.41 Å². The van der Waals surface area contributed by atoms with Crippen molar-refractivity contribution >= 4 is 33.7 Å². The number of hydrogen-bond acceptors (Lipinski definition) is 4. The molecule has 8 fully saturated rings. The molecule has 12 rings (SSSR count). The van der Waals surface area contributed by atoms with Gasteiger partial charge in [0, 0.05) is 10.9 Å². The maximum Gasteiger partial charge on any atom is 0.317 e. The monoisotopic (exact) mass is 588 g/mol. The first-order chi connectivity index (χ1) is 21.4. The smallest absolute Gasteiger partial charge is 0.317 e. The van der Waals surface area contributed by atoms with E-state index in [1.165, 1.54) is 38.5 Å². The van der Waals surface area contributed by atoms with Crippen LogP contribution in [0, 0.1) is 46.3 Å². The van der Waals surface area contributed by atoms with Crippen LogP contribution in [0.1, 0.15) is 77.0 Å². The molecular formula is C38H40N2O4. The van der Waals surface area contributed by atoms with E-state index in [0.29, 0.717) is 52.4 Å². The number of fused-ring (bicyclic) bond motifs is 2. The zero-order valence-electron chi connectivity index (χ0n) is 25.2. The van der Waals surface area contributed by atoms with Crippen LogP contribution in [0.15, 0.2) is 48.5 Å². The highest BCUT2D eigenvalue weighted by Gasteiger charge is 2.57. The molecule has 2 N–H and O–H groups in total. The summed E-state index contributed by atoms with van der Waals surface area (Å²) in [5, 5.41) is 1.78. The SMILES string of the molecule is O=C(Oc1cccc2[nH]c(-c3cc4ccccc4[nH]3)c(OC(=O)C34CC5CC(CC(C5)C3)C4)c12)C12CC3CC(CC(C3)C1)C2. The largest absolute Gasteiger partial charge is 0.425 e. The van der Waals surface area contributed by atoms with Gasteiger partial charge in [-0.1, -0.05) is 24.3 Å². The van der Waals surface area contributed by atoms with Gasteiger partial charge in [-0.3, -0.25) is 9.59 Å². The highest BCUT2D eigenvalue weighted by molar-refractivity contribution is 6.02. The third kappa shape index (κ3) is 3.78. The van der Waals surface area contributed by atoms with Crippen LogP contribution in [0.25, 0.3) is 33.2 Å². The molecule has 8 aliphatic rings. The highest BCUT2D eigenvalue weighted by atomic mass is 16.5. The lowest BCUT2D eigenvalue weighted by Gasteiger charge is -2.55. The van der Waals surface area contributed by atoms with Crippen LogP contribution in [0.5, 0.6) is 11.5 Å². The number of aromatic nitrogens is 2. The van der Waals surface area contributed by atoms with E-state index >= 15 is 0 Å². The average Bonchev–Trinajstić information content (AvgIpc) is 3.58. The van der Waals surface area contributed by atoms with Gasteiger partial charge in [-0.25, -0.2) is 0 Å². The molecular weight excluding hydrogens is 548 g/mol. The summed E-state index contributed by atoms with van der Waals surface area (Å²) in [5.74, 6) is 4.68. The number of para-hydroxylation sites is 1. The van der Waals surface area contributed by atoms with Gasteiger partial charge in [-0.2, -0.15) is 0 Å². The number of carbonyl (C=O) groups excluding carboxylic acids is 2. The van der Waals surface area contributed by atoms with Crippen LogP contribution in [-0.2, 0) is 9.59 Å². The summed E-state index contributed by atoms with van der Waals surface area (Å²) in [5.41, 5.74) is 2.64. The second kappa shape index (κ2) is 9.02. The van der Waals surface area contributed by atoms with Crippen molar-refractivity contribution in [2.75, 3.05) is 0 Å². The lowest BCUT2D eigenvalue weighted by atomic mass is 9.49. The summed E-state index contributed by atoms with van der Waals surface area (Å²) in [6.07, 6.45) is 13.3. The Labute approximate surface area is 257 Å². The fourth-order valence-corrected chi connectivity index (χ4v) is 11.9. The third-order valence-corrected chi connectivity index (χ3v) is 12.9. The van der Waals surface area contributed by atoms with Crippen LogP contribution < -0.4 is 9.47 Å². The molecule has 0 radical (unpaired) electrons. The van der Waals surface area contributed by atoms with E-state index in [1.54, 1.807) is 0 Å². The minimum atomic E-state index is -0.402. The number of aromatic amines is 2. The van der Waals surface area contributed by atoms with Crippen molar-refractivity contribution in [2.45, 2.75) is 77.0 Å². The molecule has 8 bridgehead atoms. The summed E-state index contributed by atoms with van der Waals surface area (Å²) in [4.78, 5) is 35.6. The zero-order valence-corrected chi connectivity index (χ0v) is 25.2. The molecule has 2 aromatic carbocycles. The predicted molar refractivity (Wildman–Crippen MR) is 168 cm³/mol. The number of ether oxygens (including phenoxy) is 2. The first-order valence-electron chi connectivity index (χ1n) is 17.1. The van der Waals surface area contributed by atoms with E-state index in [1.807, 2.05) is 30.3 Å². The average molecular weight is 589 g/mol. The Morgan fingerprint density at radius 3 is 1.70 bits per heavy atom. The molecule has 2 aromatic heterocycles. The van der Waals surface area contributed by atoms with Crippen molar-refractivity contribution < 1.29 is 19.1 Å². The van der Waals surface area contributed by atoms with Crippen LogP contribution in [0.2, 0.25) is 0 Å². The van der Waals surface area contributed by atoms with Crippen LogP contribution in [0.3, 0.4) is 0 Å². The molecule has 6 heteroatoms. The Balaban J connectivity index is 1.07. The fourth-order valence-electron chi connectivity index (χ4n) is 11.9. The van der Waals surface area contributed by atoms with Crippen molar-refractivity contribution in [3.05, 3.63) is 48.5 Å². The predicted octanol–water partition coefficient (Wildman–Crippen LogP) is 8.56. The first-order valence-corrected chi connectivity index (χ1v) is 17.1. The summed E-state index contributed by atoms with van der Waals surface area (Å²) >= 11 is 0. The molecule has 0 spiro atoms. The number of rotatable bonds is 5. The number of benzene rings is 2. The van der Waals surface area contributed by atoms with E-state index in [0.717, 1.165) is 66.3 Å². The van der Waals surface area contributed by atoms with Gasteiger partial charge in [0.15, 0.2) is 5.75 Å². The molecule has 8 saturated carbocycles. The van der Waals surface area contributed by atoms with E-state index in [9.17, 15) is 9.59 Å². The molecule has 0 saturated heterocycles. The second-order valence-corrected chi connectivity index (χ2v) is 16.0. The molecule has 4 aromatic rings. The first kappa shape index (κ1) is 25.8. The quantitative estimate of drug-likeness (QED) is 0.181. The van der Waals surface area contributed by atoms with Crippen molar-refractivity contribution in [3.63, 3.8) is 0 Å². The molecule has 44 heavy (non-hydrogen) atoms. The van der Waals surface area contributed by atoms with Gasteiger partial charge in [-0.15, -0.1) is 0 Å². The van der Waals surface area contributed by atoms with Gasteiger partial charge < -0.3 is 19.4 Å². The standard InChI is InChI=1S/C38H40N2O4/c41-35(37-15-21-8-22(16-37)10-23(9-21)17-37)43-31-7-3-6-29-32(31)34(33(40-29)30-14-27-4-1-2-5-28(27)39-30)44-36(42)38-18-24-11-25(19-38)13-26(12-24)20-38/h1-7,14,21-26,39-40H,8-13,15-20H2. The maximum absolute atomic E-state index is 14.4. The Morgan fingerprint density at radius 1 is 0.614 bits per heavy atom. The maximum atomic E-state index is 14.4. The topological polar surface area (TPSA) is 84.2 Å². The van der Waals surface area contributed by atoms with Gasteiger partial charge >= 0.3 is 11.9 Å². The van der Waals surface area contributed by atoms with Crippen molar-refractivity contribution in [3.8, 4) is 22.9 Å². The van der Waals surface area contributed by atoms with Crippen molar-refractivity contribution in [1.29, 1.82) is 0 Å². The van der Waals surface area contributed by atoms with Gasteiger partial charge in [-0.05, 0) is 137 Å². The van der Waals surface area contributed by atoms with Crippen LogP contribution >= 0.6 is 0 Å². The molecule has 8 aliphatic carbocycles. The Morgan fingerprint density at radius 2 is 1.14 bits per heavy atom. The summed E-state index contributed by atoms with van der Waals surface area (Å²) in [6.45, 7) is 0. The third-order valence-electron chi connectivity index (χ3n) is 12.9. The lowest BCUT2D eigenvalue weighted by Crippen LogP contribution is -2.51. The van der Waals surface area contributed by atoms with Gasteiger partial charge in [0.2, 0.25) is 0 Å². The summed E-state index contributed by atoms with van der Waals surface area (Å²) < 4.78 is 13.1.